The highest BCUT2D eigenvalue weighted by Gasteiger charge is 2.27. The van der Waals surface area contributed by atoms with E-state index in [0.717, 1.165) is 17.7 Å². The van der Waals surface area contributed by atoms with Gasteiger partial charge in [-0.1, -0.05) is 37.3 Å². The minimum absolute atomic E-state index is 0.194. The van der Waals surface area contributed by atoms with Gasteiger partial charge >= 0.3 is 6.03 Å². The van der Waals surface area contributed by atoms with Crippen molar-refractivity contribution >= 4 is 11.7 Å². The van der Waals surface area contributed by atoms with Gasteiger partial charge in [0.15, 0.2) is 0 Å². The van der Waals surface area contributed by atoms with Crippen LogP contribution in [-0.2, 0) is 7.05 Å². The maximum atomic E-state index is 12.5. The van der Waals surface area contributed by atoms with Gasteiger partial charge in [0.25, 0.3) is 0 Å². The first-order valence-electron chi connectivity index (χ1n) is 7.86. The van der Waals surface area contributed by atoms with Crippen LogP contribution in [0.25, 0.3) is 11.3 Å². The van der Waals surface area contributed by atoms with Crippen LogP contribution in [0.5, 0.6) is 0 Å². The minimum atomic E-state index is -0.452. The number of aliphatic hydroxyl groups is 1. The number of amides is 2. The maximum absolute atomic E-state index is 12.5. The molecule has 2 amide bonds. The minimum Gasteiger partial charge on any atom is -0.391 e. The van der Waals surface area contributed by atoms with E-state index in [1.165, 1.54) is 0 Å². The number of aliphatic hydroxyl groups excluding tert-OH is 1. The van der Waals surface area contributed by atoms with Crippen LogP contribution in [0, 0.1) is 5.92 Å². The molecule has 2 N–H and O–H groups in total. The smallest absolute Gasteiger partial charge is 0.322 e. The van der Waals surface area contributed by atoms with Crippen molar-refractivity contribution in [1.29, 1.82) is 0 Å². The van der Waals surface area contributed by atoms with Crippen molar-refractivity contribution in [2.24, 2.45) is 13.0 Å². The highest BCUT2D eigenvalue weighted by molar-refractivity contribution is 5.93. The predicted molar refractivity (Wildman–Crippen MR) is 89.0 cm³/mol. The molecule has 1 fully saturated rings. The standard InChI is InChI=1S/C17H22N4O2/c1-12-8-14(22)11-21(10-12)17(23)19-15-9-18-20(2)16(15)13-6-4-3-5-7-13/h3-7,9,12,14,22H,8,10-11H2,1-2H3,(H,19,23)/t12-,14+/m1/s1. The Bertz CT molecular complexity index is 673. The Morgan fingerprint density at radius 1 is 1.30 bits per heavy atom. The molecule has 0 radical (unpaired) electrons. The molecule has 1 aromatic heterocycles. The maximum Gasteiger partial charge on any atom is 0.322 e. The molecule has 1 aliphatic heterocycles. The summed E-state index contributed by atoms with van der Waals surface area (Å²) in [5.41, 5.74) is 2.54. The Morgan fingerprint density at radius 3 is 2.74 bits per heavy atom. The zero-order chi connectivity index (χ0) is 16.4. The van der Waals surface area contributed by atoms with Gasteiger partial charge in [-0.3, -0.25) is 4.68 Å². The van der Waals surface area contributed by atoms with Crippen LogP contribution in [0.2, 0.25) is 0 Å². The summed E-state index contributed by atoms with van der Waals surface area (Å²) in [4.78, 5) is 14.2. The van der Waals surface area contributed by atoms with Gasteiger partial charge in [0.05, 0.1) is 23.7 Å². The van der Waals surface area contributed by atoms with Gasteiger partial charge < -0.3 is 15.3 Å². The Hall–Kier alpha value is -2.34. The Labute approximate surface area is 135 Å². The highest BCUT2D eigenvalue weighted by atomic mass is 16.3. The van der Waals surface area contributed by atoms with Gasteiger partial charge in [0, 0.05) is 25.7 Å². The first-order valence-corrected chi connectivity index (χ1v) is 7.86. The van der Waals surface area contributed by atoms with Crippen LogP contribution in [0.4, 0.5) is 10.5 Å². The van der Waals surface area contributed by atoms with Crippen molar-refractivity contribution in [1.82, 2.24) is 14.7 Å². The largest absolute Gasteiger partial charge is 0.391 e. The summed E-state index contributed by atoms with van der Waals surface area (Å²) in [6.07, 6.45) is 1.95. The average molecular weight is 314 g/mol. The van der Waals surface area contributed by atoms with E-state index in [4.69, 9.17) is 0 Å². The van der Waals surface area contributed by atoms with Crippen molar-refractivity contribution in [2.45, 2.75) is 19.4 Å². The lowest BCUT2D eigenvalue weighted by Crippen LogP contribution is -2.47. The fourth-order valence-corrected chi connectivity index (χ4v) is 3.15. The van der Waals surface area contributed by atoms with Crippen LogP contribution in [0.15, 0.2) is 36.5 Å². The molecule has 0 unspecified atom stereocenters. The van der Waals surface area contributed by atoms with E-state index in [0.29, 0.717) is 24.7 Å². The number of rotatable bonds is 2. The fourth-order valence-electron chi connectivity index (χ4n) is 3.15. The van der Waals surface area contributed by atoms with E-state index in [9.17, 15) is 9.90 Å². The lowest BCUT2D eigenvalue weighted by Gasteiger charge is -2.34. The summed E-state index contributed by atoms with van der Waals surface area (Å²) in [6.45, 7) is 3.07. The molecule has 1 saturated heterocycles. The van der Waals surface area contributed by atoms with E-state index >= 15 is 0 Å². The first-order chi connectivity index (χ1) is 11.0. The van der Waals surface area contributed by atoms with E-state index in [1.807, 2.05) is 44.3 Å². The van der Waals surface area contributed by atoms with Crippen LogP contribution in [0.1, 0.15) is 13.3 Å². The summed E-state index contributed by atoms with van der Waals surface area (Å²) in [5, 5.41) is 17.1. The van der Waals surface area contributed by atoms with Gasteiger partial charge in [-0.15, -0.1) is 0 Å². The van der Waals surface area contributed by atoms with Gasteiger partial charge in [-0.05, 0) is 12.3 Å². The third-order valence-corrected chi connectivity index (χ3v) is 4.15. The molecular weight excluding hydrogens is 292 g/mol. The molecule has 2 aromatic rings. The first kappa shape index (κ1) is 15.6. The number of β-amino-alcohol motifs (C(OH)–C–C–N with tert-alkyl or cyclic N) is 1. The Balaban J connectivity index is 1.80. The van der Waals surface area contributed by atoms with Crippen LogP contribution in [-0.4, -0.2) is 45.0 Å². The molecule has 6 heteroatoms. The lowest BCUT2D eigenvalue weighted by atomic mass is 9.98. The van der Waals surface area contributed by atoms with E-state index in [2.05, 4.69) is 10.4 Å². The predicted octanol–water partition coefficient (Wildman–Crippen LogP) is 2.32. The monoisotopic (exact) mass is 314 g/mol. The molecule has 0 spiro atoms. The number of likely N-dealkylation sites (tertiary alicyclic amines) is 1. The molecule has 0 aliphatic carbocycles. The van der Waals surface area contributed by atoms with Crippen molar-refractivity contribution in [3.63, 3.8) is 0 Å². The molecule has 6 nitrogen and oxygen atoms in total. The summed E-state index contributed by atoms with van der Waals surface area (Å²) < 4.78 is 1.75. The topological polar surface area (TPSA) is 70.4 Å². The number of hydrogen-bond acceptors (Lipinski definition) is 3. The molecule has 0 bridgehead atoms. The third-order valence-electron chi connectivity index (χ3n) is 4.15. The Morgan fingerprint density at radius 2 is 2.04 bits per heavy atom. The SMILES string of the molecule is C[C@@H]1C[C@H](O)CN(C(=O)Nc2cnn(C)c2-c2ccccc2)C1. The van der Waals surface area contributed by atoms with Crippen molar-refractivity contribution in [2.75, 3.05) is 18.4 Å². The van der Waals surface area contributed by atoms with Crippen LogP contribution >= 0.6 is 0 Å². The average Bonchev–Trinajstić information content (AvgIpc) is 2.88. The van der Waals surface area contributed by atoms with Gasteiger partial charge in [0.2, 0.25) is 0 Å². The molecule has 23 heavy (non-hydrogen) atoms. The van der Waals surface area contributed by atoms with Crippen LogP contribution < -0.4 is 5.32 Å². The fraction of sp³-hybridized carbons (Fsp3) is 0.412. The molecule has 122 valence electrons. The second kappa shape index (κ2) is 6.42. The summed E-state index contributed by atoms with van der Waals surface area (Å²) in [6, 6.07) is 9.64. The quantitative estimate of drug-likeness (QED) is 0.893. The van der Waals surface area contributed by atoms with Gasteiger partial charge in [0.1, 0.15) is 0 Å². The number of anilines is 1. The van der Waals surface area contributed by atoms with Crippen LogP contribution in [0.3, 0.4) is 0 Å². The zero-order valence-electron chi connectivity index (χ0n) is 13.4. The van der Waals surface area contributed by atoms with E-state index in [1.54, 1.807) is 15.8 Å². The molecule has 0 saturated carbocycles. The molecule has 1 aromatic carbocycles. The number of aryl methyl sites for hydroxylation is 1. The number of carbonyl (C=O) groups excluding carboxylic acids is 1. The third kappa shape index (κ3) is 3.37. The number of nitrogens with zero attached hydrogens (tertiary/aromatic N) is 3. The summed E-state index contributed by atoms with van der Waals surface area (Å²) in [5.74, 6) is 0.298. The summed E-state index contributed by atoms with van der Waals surface area (Å²) >= 11 is 0. The molecule has 2 atom stereocenters. The second-order valence-electron chi connectivity index (χ2n) is 6.23. The number of piperidine rings is 1. The van der Waals surface area contributed by atoms with Crippen molar-refractivity contribution in [3.05, 3.63) is 36.5 Å². The Kier molecular flexibility index (Phi) is 4.34. The molecule has 2 heterocycles. The molecule has 3 rings (SSSR count). The number of hydrogen-bond donors (Lipinski definition) is 2. The second-order valence-corrected chi connectivity index (χ2v) is 6.23. The van der Waals surface area contributed by atoms with Crippen molar-refractivity contribution < 1.29 is 9.90 Å². The lowest BCUT2D eigenvalue weighted by molar-refractivity contribution is 0.0640. The van der Waals surface area contributed by atoms with E-state index in [-0.39, 0.29) is 6.03 Å². The van der Waals surface area contributed by atoms with Gasteiger partial charge in [-0.2, -0.15) is 5.10 Å². The van der Waals surface area contributed by atoms with Crippen molar-refractivity contribution in [3.8, 4) is 11.3 Å². The van der Waals surface area contributed by atoms with Gasteiger partial charge in [-0.25, -0.2) is 4.79 Å². The number of nitrogens with one attached hydrogen (secondary N) is 1. The van der Waals surface area contributed by atoms with E-state index < -0.39 is 6.10 Å². The summed E-state index contributed by atoms with van der Waals surface area (Å²) in [7, 11) is 1.85. The highest BCUT2D eigenvalue weighted by Crippen LogP contribution is 2.27. The normalized spacial score (nSPS) is 21.3. The number of carbonyl (C=O) groups is 1. The number of urea groups is 1. The molecule has 1 aliphatic rings. The number of aromatic nitrogens is 2. The number of benzene rings is 1. The zero-order valence-corrected chi connectivity index (χ0v) is 13.4. The molecular formula is C17H22N4O2.